The van der Waals surface area contributed by atoms with Gasteiger partial charge < -0.3 is 34.3 Å². The highest BCUT2D eigenvalue weighted by Crippen LogP contribution is 2.28. The van der Waals surface area contributed by atoms with Gasteiger partial charge in [-0.15, -0.1) is 0 Å². The van der Waals surface area contributed by atoms with Crippen LogP contribution in [0, 0.1) is 6.92 Å². The Kier molecular flexibility index (Phi) is 5.54. The molecule has 158 valence electrons. The van der Waals surface area contributed by atoms with Crippen LogP contribution in [0.2, 0.25) is 0 Å². The Labute approximate surface area is 170 Å². The van der Waals surface area contributed by atoms with Gasteiger partial charge in [0.05, 0.1) is 23.3 Å². The summed E-state index contributed by atoms with van der Waals surface area (Å²) in [5.41, 5.74) is 0.893. The van der Waals surface area contributed by atoms with Gasteiger partial charge in [-0.2, -0.15) is 0 Å². The van der Waals surface area contributed by atoms with Gasteiger partial charge in [-0.3, -0.25) is 9.78 Å². The van der Waals surface area contributed by atoms with Crippen LogP contribution in [0.5, 0.6) is 5.75 Å². The number of hydrogen-bond acceptors (Lipinski definition) is 9. The van der Waals surface area contributed by atoms with Gasteiger partial charge in [0.1, 0.15) is 41.5 Å². The summed E-state index contributed by atoms with van der Waals surface area (Å²) >= 11 is 0. The first kappa shape index (κ1) is 20.5. The molecule has 4 rings (SSSR count). The molecule has 1 saturated heterocycles. The Hall–Kier alpha value is -2.82. The van der Waals surface area contributed by atoms with Crippen molar-refractivity contribution in [2.45, 2.75) is 37.6 Å². The smallest absolute Gasteiger partial charge is 0.229 e. The molecule has 3 aromatic rings. The van der Waals surface area contributed by atoms with Crippen molar-refractivity contribution in [3.63, 3.8) is 0 Å². The highest BCUT2D eigenvalue weighted by Gasteiger charge is 2.44. The topological polar surface area (TPSA) is 142 Å². The lowest BCUT2D eigenvalue weighted by molar-refractivity contribution is -0.277. The molecule has 4 N–H and O–H groups in total. The summed E-state index contributed by atoms with van der Waals surface area (Å²) in [6.45, 7) is 1.10. The number of ether oxygens (including phenoxy) is 2. The molecule has 1 aromatic carbocycles. The van der Waals surface area contributed by atoms with E-state index in [-0.39, 0.29) is 16.8 Å². The van der Waals surface area contributed by atoms with Crippen molar-refractivity contribution in [2.24, 2.45) is 0 Å². The summed E-state index contributed by atoms with van der Waals surface area (Å²) in [6.07, 6.45) is -5.41. The largest absolute Gasteiger partial charge is 0.462 e. The molecule has 1 fully saturated rings. The summed E-state index contributed by atoms with van der Waals surface area (Å²) in [6, 6.07) is 9.74. The van der Waals surface area contributed by atoms with Crippen LogP contribution in [0.15, 0.2) is 51.8 Å². The lowest BCUT2D eigenvalue weighted by Gasteiger charge is -2.39. The van der Waals surface area contributed by atoms with E-state index in [0.29, 0.717) is 22.4 Å². The van der Waals surface area contributed by atoms with E-state index >= 15 is 0 Å². The molecule has 0 spiro atoms. The number of fused-ring (bicyclic) bond motifs is 1. The molecule has 0 radical (unpaired) electrons. The van der Waals surface area contributed by atoms with Gasteiger partial charge in [0, 0.05) is 12.3 Å². The summed E-state index contributed by atoms with van der Waals surface area (Å²) < 4.78 is 16.7. The SMILES string of the molecule is Cc1oc2cc(O[C@@H]3O[C@H](CO)[C@H](O)[C@H](O)[C@@H]3O)ccc2c(=O)c1-c1ccccn1. The van der Waals surface area contributed by atoms with Crippen molar-refractivity contribution >= 4 is 11.0 Å². The van der Waals surface area contributed by atoms with Gasteiger partial charge in [0.15, 0.2) is 0 Å². The molecular weight excluding hydrogens is 394 g/mol. The zero-order valence-electron chi connectivity index (χ0n) is 16.0. The fourth-order valence-corrected chi connectivity index (χ4v) is 3.46. The highest BCUT2D eigenvalue weighted by atomic mass is 16.7. The second kappa shape index (κ2) is 8.13. The first-order valence-corrected chi connectivity index (χ1v) is 9.36. The normalized spacial score (nSPS) is 26.6. The summed E-state index contributed by atoms with van der Waals surface area (Å²) in [5, 5.41) is 39.5. The third-order valence-electron chi connectivity index (χ3n) is 5.06. The maximum atomic E-state index is 13.0. The molecule has 9 nitrogen and oxygen atoms in total. The van der Waals surface area contributed by atoms with E-state index in [1.807, 2.05) is 0 Å². The van der Waals surface area contributed by atoms with Gasteiger partial charge >= 0.3 is 0 Å². The number of pyridine rings is 1. The Morgan fingerprint density at radius 1 is 1.10 bits per heavy atom. The van der Waals surface area contributed by atoms with Crippen molar-refractivity contribution in [2.75, 3.05) is 6.61 Å². The van der Waals surface area contributed by atoms with Crippen LogP contribution in [0.3, 0.4) is 0 Å². The van der Waals surface area contributed by atoms with Crippen molar-refractivity contribution in [3.05, 3.63) is 58.6 Å². The zero-order valence-corrected chi connectivity index (χ0v) is 16.0. The van der Waals surface area contributed by atoms with Gasteiger partial charge in [-0.25, -0.2) is 0 Å². The number of aromatic nitrogens is 1. The fourth-order valence-electron chi connectivity index (χ4n) is 3.46. The second-order valence-electron chi connectivity index (χ2n) is 7.05. The predicted octanol–water partition coefficient (Wildman–Crippen LogP) is 0.342. The molecule has 1 aliphatic heterocycles. The molecule has 30 heavy (non-hydrogen) atoms. The number of benzene rings is 1. The van der Waals surface area contributed by atoms with Crippen molar-refractivity contribution in [1.29, 1.82) is 0 Å². The van der Waals surface area contributed by atoms with Crippen LogP contribution >= 0.6 is 0 Å². The number of aliphatic hydroxyl groups excluding tert-OH is 4. The second-order valence-corrected chi connectivity index (χ2v) is 7.05. The predicted molar refractivity (Wildman–Crippen MR) is 105 cm³/mol. The minimum absolute atomic E-state index is 0.208. The number of aliphatic hydroxyl groups is 4. The average molecular weight is 415 g/mol. The van der Waals surface area contributed by atoms with E-state index in [1.165, 1.54) is 18.2 Å². The molecule has 0 saturated carbocycles. The van der Waals surface area contributed by atoms with Crippen molar-refractivity contribution in [3.8, 4) is 17.0 Å². The first-order valence-electron chi connectivity index (χ1n) is 9.36. The van der Waals surface area contributed by atoms with Gasteiger partial charge in [0.25, 0.3) is 0 Å². The van der Waals surface area contributed by atoms with Crippen LogP contribution < -0.4 is 10.2 Å². The molecule has 0 amide bonds. The number of nitrogens with zero attached hydrogens (tertiary/aromatic N) is 1. The molecule has 0 unspecified atom stereocenters. The molecule has 0 bridgehead atoms. The lowest BCUT2D eigenvalue weighted by Crippen LogP contribution is -2.60. The zero-order chi connectivity index (χ0) is 21.4. The maximum absolute atomic E-state index is 13.0. The molecule has 2 aromatic heterocycles. The molecule has 1 aliphatic rings. The van der Waals surface area contributed by atoms with E-state index in [0.717, 1.165) is 0 Å². The van der Waals surface area contributed by atoms with E-state index in [1.54, 1.807) is 31.3 Å². The number of aryl methyl sites for hydroxylation is 1. The third kappa shape index (κ3) is 3.57. The minimum atomic E-state index is -1.55. The van der Waals surface area contributed by atoms with E-state index in [4.69, 9.17) is 13.9 Å². The van der Waals surface area contributed by atoms with E-state index in [9.17, 15) is 25.2 Å². The van der Waals surface area contributed by atoms with Crippen LogP contribution in [-0.4, -0.2) is 62.7 Å². The van der Waals surface area contributed by atoms with E-state index < -0.39 is 37.3 Å². The monoisotopic (exact) mass is 415 g/mol. The summed E-state index contributed by atoms with van der Waals surface area (Å²) in [4.78, 5) is 17.2. The fraction of sp³-hybridized carbons (Fsp3) is 0.333. The summed E-state index contributed by atoms with van der Waals surface area (Å²) in [7, 11) is 0. The van der Waals surface area contributed by atoms with Crippen molar-refractivity contribution < 1.29 is 34.3 Å². The van der Waals surface area contributed by atoms with Crippen LogP contribution in [-0.2, 0) is 4.74 Å². The maximum Gasteiger partial charge on any atom is 0.229 e. The molecule has 0 aliphatic carbocycles. The van der Waals surface area contributed by atoms with Crippen LogP contribution in [0.4, 0.5) is 0 Å². The lowest BCUT2D eigenvalue weighted by atomic mass is 9.99. The third-order valence-corrected chi connectivity index (χ3v) is 5.06. The van der Waals surface area contributed by atoms with Crippen molar-refractivity contribution in [1.82, 2.24) is 4.98 Å². The van der Waals surface area contributed by atoms with Gasteiger partial charge in [-0.1, -0.05) is 6.07 Å². The van der Waals surface area contributed by atoms with Crippen LogP contribution in [0.1, 0.15) is 5.76 Å². The standard InChI is InChI=1S/C21H21NO8/c1-10-16(13-4-2-3-7-22-13)17(24)12-6-5-11(8-14(12)28-10)29-21-20(27)19(26)18(25)15(9-23)30-21/h2-8,15,18-21,23,25-27H,9H2,1H3/t15-,18+,19+,20+,21-/m1/s1. The Morgan fingerprint density at radius 3 is 2.60 bits per heavy atom. The molecule has 3 heterocycles. The summed E-state index contributed by atoms with van der Waals surface area (Å²) in [5.74, 6) is 0.594. The first-order chi connectivity index (χ1) is 14.4. The quantitative estimate of drug-likeness (QED) is 0.474. The molecular formula is C21H21NO8. The minimum Gasteiger partial charge on any atom is -0.462 e. The number of hydrogen-bond donors (Lipinski definition) is 4. The molecule has 9 heteroatoms. The van der Waals surface area contributed by atoms with Gasteiger partial charge in [0.2, 0.25) is 11.7 Å². The number of rotatable bonds is 4. The van der Waals surface area contributed by atoms with E-state index in [2.05, 4.69) is 4.98 Å². The Morgan fingerprint density at radius 2 is 1.90 bits per heavy atom. The van der Waals surface area contributed by atoms with Crippen LogP contribution in [0.25, 0.3) is 22.2 Å². The Balaban J connectivity index is 1.67. The highest BCUT2D eigenvalue weighted by molar-refractivity contribution is 5.83. The Bertz CT molecular complexity index is 1100. The van der Waals surface area contributed by atoms with Gasteiger partial charge in [-0.05, 0) is 31.2 Å². The molecule has 5 atom stereocenters. The average Bonchev–Trinajstić information content (AvgIpc) is 2.74.